The van der Waals surface area contributed by atoms with Crippen molar-refractivity contribution in [3.05, 3.63) is 93.7 Å². The minimum Gasteiger partial charge on any atom is -0.268 e. The molecule has 0 radical (unpaired) electrons. The molecule has 0 N–H and O–H groups in total. The molecule has 0 atom stereocenters. The molecule has 4 heteroatoms. The van der Waals surface area contributed by atoms with Crippen LogP contribution in [-0.4, -0.2) is 9.55 Å². The number of hydrogen-bond donors (Lipinski definition) is 0. The molecule has 0 aliphatic heterocycles. The Labute approximate surface area is 150 Å². The van der Waals surface area contributed by atoms with Crippen LogP contribution in [-0.2, 0) is 0 Å². The van der Waals surface area contributed by atoms with E-state index in [2.05, 4.69) is 0 Å². The van der Waals surface area contributed by atoms with Crippen molar-refractivity contribution in [2.24, 2.45) is 0 Å². The van der Waals surface area contributed by atoms with E-state index < -0.39 is 0 Å². The second kappa shape index (κ2) is 6.19. The van der Waals surface area contributed by atoms with Gasteiger partial charge in [-0.15, -0.1) is 0 Å². The molecule has 0 aliphatic carbocycles. The van der Waals surface area contributed by atoms with Gasteiger partial charge < -0.3 is 0 Å². The van der Waals surface area contributed by atoms with Crippen LogP contribution in [0.15, 0.2) is 77.6 Å². The number of rotatable bonds is 2. The summed E-state index contributed by atoms with van der Waals surface area (Å²) in [5, 5.41) is 1.03. The van der Waals surface area contributed by atoms with Crippen molar-refractivity contribution in [3.63, 3.8) is 0 Å². The SMILES string of the molecule is Cc1ccc(-c2nc3ccc(Cl)cc3c(=O)n2-c2ccccc2)cc1. The highest BCUT2D eigenvalue weighted by Gasteiger charge is 2.14. The molecular weight excluding hydrogens is 332 g/mol. The fourth-order valence-electron chi connectivity index (χ4n) is 2.87. The lowest BCUT2D eigenvalue weighted by Gasteiger charge is -2.14. The molecule has 0 unspecified atom stereocenters. The van der Waals surface area contributed by atoms with E-state index in [1.165, 1.54) is 0 Å². The molecule has 3 nitrogen and oxygen atoms in total. The molecule has 0 saturated heterocycles. The van der Waals surface area contributed by atoms with Gasteiger partial charge in [0, 0.05) is 10.6 Å². The number of aryl methyl sites for hydroxylation is 1. The van der Waals surface area contributed by atoms with E-state index in [9.17, 15) is 4.79 Å². The molecule has 1 aromatic heterocycles. The zero-order valence-electron chi connectivity index (χ0n) is 13.6. The zero-order valence-corrected chi connectivity index (χ0v) is 14.4. The Balaban J connectivity index is 2.11. The predicted molar refractivity (Wildman–Crippen MR) is 103 cm³/mol. The van der Waals surface area contributed by atoms with Crippen molar-refractivity contribution in [3.8, 4) is 17.1 Å². The van der Waals surface area contributed by atoms with Gasteiger partial charge in [0.1, 0.15) is 5.82 Å². The fraction of sp³-hybridized carbons (Fsp3) is 0.0476. The van der Waals surface area contributed by atoms with Crippen LogP contribution in [0.5, 0.6) is 0 Å². The van der Waals surface area contributed by atoms with Crippen LogP contribution in [0, 0.1) is 6.92 Å². The molecule has 3 aromatic carbocycles. The van der Waals surface area contributed by atoms with E-state index in [4.69, 9.17) is 16.6 Å². The topological polar surface area (TPSA) is 34.9 Å². The highest BCUT2D eigenvalue weighted by molar-refractivity contribution is 6.31. The van der Waals surface area contributed by atoms with E-state index in [0.29, 0.717) is 21.7 Å². The van der Waals surface area contributed by atoms with Gasteiger partial charge in [0.05, 0.1) is 16.6 Å². The normalized spacial score (nSPS) is 11.0. The van der Waals surface area contributed by atoms with Crippen LogP contribution in [0.25, 0.3) is 28.0 Å². The molecule has 0 saturated carbocycles. The monoisotopic (exact) mass is 346 g/mol. The molecule has 25 heavy (non-hydrogen) atoms. The van der Waals surface area contributed by atoms with Gasteiger partial charge in [0.2, 0.25) is 0 Å². The van der Waals surface area contributed by atoms with Gasteiger partial charge in [-0.25, -0.2) is 4.98 Å². The van der Waals surface area contributed by atoms with Gasteiger partial charge in [0.25, 0.3) is 5.56 Å². The number of hydrogen-bond acceptors (Lipinski definition) is 2. The Morgan fingerprint density at radius 1 is 0.920 bits per heavy atom. The van der Waals surface area contributed by atoms with Crippen molar-refractivity contribution < 1.29 is 0 Å². The number of aromatic nitrogens is 2. The first-order valence-corrected chi connectivity index (χ1v) is 8.36. The Morgan fingerprint density at radius 2 is 1.64 bits per heavy atom. The van der Waals surface area contributed by atoms with Crippen molar-refractivity contribution in [1.82, 2.24) is 9.55 Å². The van der Waals surface area contributed by atoms with Crippen LogP contribution in [0.3, 0.4) is 0 Å². The molecule has 122 valence electrons. The third-order valence-electron chi connectivity index (χ3n) is 4.15. The Morgan fingerprint density at radius 3 is 2.36 bits per heavy atom. The lowest BCUT2D eigenvalue weighted by Crippen LogP contribution is -2.21. The second-order valence-electron chi connectivity index (χ2n) is 5.94. The maximum Gasteiger partial charge on any atom is 0.266 e. The number of halogens is 1. The summed E-state index contributed by atoms with van der Waals surface area (Å²) >= 11 is 6.09. The molecule has 0 aliphatic rings. The number of benzene rings is 3. The van der Waals surface area contributed by atoms with Crippen molar-refractivity contribution >= 4 is 22.5 Å². The summed E-state index contributed by atoms with van der Waals surface area (Å²) in [6.07, 6.45) is 0. The lowest BCUT2D eigenvalue weighted by molar-refractivity contribution is 0.976. The molecule has 0 spiro atoms. The van der Waals surface area contributed by atoms with E-state index in [1.807, 2.05) is 61.5 Å². The van der Waals surface area contributed by atoms with E-state index in [0.717, 1.165) is 16.8 Å². The molecule has 4 rings (SSSR count). The first kappa shape index (κ1) is 15.6. The van der Waals surface area contributed by atoms with Gasteiger partial charge in [-0.1, -0.05) is 59.6 Å². The largest absolute Gasteiger partial charge is 0.268 e. The highest BCUT2D eigenvalue weighted by atomic mass is 35.5. The smallest absolute Gasteiger partial charge is 0.266 e. The van der Waals surface area contributed by atoms with Crippen molar-refractivity contribution in [2.75, 3.05) is 0 Å². The Hall–Kier alpha value is -2.91. The molecular formula is C21H15ClN2O. The van der Waals surface area contributed by atoms with Gasteiger partial charge in [-0.05, 0) is 37.3 Å². The number of fused-ring (bicyclic) bond motifs is 1. The number of para-hydroxylation sites is 1. The minimum absolute atomic E-state index is 0.130. The van der Waals surface area contributed by atoms with Gasteiger partial charge in [0.15, 0.2) is 0 Å². The highest BCUT2D eigenvalue weighted by Crippen LogP contribution is 2.23. The third kappa shape index (κ3) is 2.83. The maximum absolute atomic E-state index is 13.2. The Bertz CT molecular complexity index is 1120. The van der Waals surface area contributed by atoms with E-state index in [1.54, 1.807) is 22.8 Å². The standard InChI is InChI=1S/C21H15ClN2O/c1-14-7-9-15(10-8-14)20-23-19-12-11-16(22)13-18(19)21(25)24(20)17-5-3-2-4-6-17/h2-13H,1H3. The van der Waals surface area contributed by atoms with Gasteiger partial charge in [-0.2, -0.15) is 0 Å². The maximum atomic E-state index is 13.2. The molecule has 0 amide bonds. The average Bonchev–Trinajstić information content (AvgIpc) is 2.63. The first-order chi connectivity index (χ1) is 12.1. The van der Waals surface area contributed by atoms with E-state index in [-0.39, 0.29) is 5.56 Å². The number of nitrogens with zero attached hydrogens (tertiary/aromatic N) is 2. The Kier molecular flexibility index (Phi) is 3.86. The summed E-state index contributed by atoms with van der Waals surface area (Å²) in [5.74, 6) is 0.617. The summed E-state index contributed by atoms with van der Waals surface area (Å²) in [6, 6.07) is 22.7. The lowest BCUT2D eigenvalue weighted by atomic mass is 10.1. The second-order valence-corrected chi connectivity index (χ2v) is 6.38. The van der Waals surface area contributed by atoms with Crippen LogP contribution in [0.4, 0.5) is 0 Å². The van der Waals surface area contributed by atoms with Gasteiger partial charge >= 0.3 is 0 Å². The summed E-state index contributed by atoms with van der Waals surface area (Å²) < 4.78 is 1.64. The van der Waals surface area contributed by atoms with Crippen molar-refractivity contribution in [2.45, 2.75) is 6.92 Å². The third-order valence-corrected chi connectivity index (χ3v) is 4.39. The predicted octanol–water partition coefficient (Wildman–Crippen LogP) is 5.01. The molecule has 0 fully saturated rings. The molecule has 1 heterocycles. The summed E-state index contributed by atoms with van der Waals surface area (Å²) in [7, 11) is 0. The first-order valence-electron chi connectivity index (χ1n) is 7.98. The zero-order chi connectivity index (χ0) is 17.4. The van der Waals surface area contributed by atoms with E-state index >= 15 is 0 Å². The fourth-order valence-corrected chi connectivity index (χ4v) is 3.04. The molecule has 4 aromatic rings. The van der Waals surface area contributed by atoms with Crippen LogP contribution in [0.2, 0.25) is 5.02 Å². The summed E-state index contributed by atoms with van der Waals surface area (Å²) in [6.45, 7) is 2.03. The quantitative estimate of drug-likeness (QED) is 0.511. The van der Waals surface area contributed by atoms with Crippen molar-refractivity contribution in [1.29, 1.82) is 0 Å². The van der Waals surface area contributed by atoms with Crippen LogP contribution < -0.4 is 5.56 Å². The van der Waals surface area contributed by atoms with Gasteiger partial charge in [-0.3, -0.25) is 9.36 Å². The van der Waals surface area contributed by atoms with Crippen LogP contribution >= 0.6 is 11.6 Å². The molecule has 0 bridgehead atoms. The minimum atomic E-state index is -0.130. The summed E-state index contributed by atoms with van der Waals surface area (Å²) in [5.41, 5.74) is 3.33. The van der Waals surface area contributed by atoms with Crippen LogP contribution in [0.1, 0.15) is 5.56 Å². The summed E-state index contributed by atoms with van der Waals surface area (Å²) in [4.78, 5) is 18.0. The average molecular weight is 347 g/mol.